The van der Waals surface area contributed by atoms with Gasteiger partial charge < -0.3 is 15.1 Å². The summed E-state index contributed by atoms with van der Waals surface area (Å²) in [5.74, 6) is -0.571. The highest BCUT2D eigenvalue weighted by Crippen LogP contribution is 2.24. The predicted molar refractivity (Wildman–Crippen MR) is 125 cm³/mol. The Balaban J connectivity index is 1.79. The summed E-state index contributed by atoms with van der Waals surface area (Å²) in [6, 6.07) is 25.6. The maximum atomic E-state index is 12.1. The van der Waals surface area contributed by atoms with Crippen LogP contribution in [0.3, 0.4) is 0 Å². The average molecular weight is 412 g/mol. The van der Waals surface area contributed by atoms with E-state index in [-0.39, 0.29) is 11.1 Å². The molecule has 0 radical (unpaired) electrons. The molecule has 4 rings (SSSR count). The van der Waals surface area contributed by atoms with Crippen molar-refractivity contribution in [1.82, 2.24) is 0 Å². The van der Waals surface area contributed by atoms with Crippen molar-refractivity contribution in [3.63, 3.8) is 0 Å². The fraction of sp³-hybridized carbons (Fsp3) is 0.154. The van der Waals surface area contributed by atoms with Crippen LogP contribution >= 0.6 is 0 Å². The van der Waals surface area contributed by atoms with E-state index in [0.717, 1.165) is 35.3 Å². The standard InChI is InChI=1S/C26H25N3O2/c1-3-29(4-2)22-15-12-20-16-23(25(27)30)26(31-24(20)17-22)28-21-13-10-19(11-14-21)18-8-6-5-7-9-18/h5-17H,3-4H2,1-2H3,(H2,27,30). The van der Waals surface area contributed by atoms with E-state index in [9.17, 15) is 4.79 Å². The molecule has 0 bridgehead atoms. The van der Waals surface area contributed by atoms with Crippen molar-refractivity contribution in [2.45, 2.75) is 13.8 Å². The van der Waals surface area contributed by atoms with Gasteiger partial charge in [0.2, 0.25) is 5.55 Å². The third kappa shape index (κ3) is 4.36. The number of primary amides is 1. The van der Waals surface area contributed by atoms with Crippen LogP contribution in [0.2, 0.25) is 0 Å². The summed E-state index contributed by atoms with van der Waals surface area (Å²) in [7, 11) is 0. The molecular formula is C26H25N3O2. The molecule has 0 saturated carbocycles. The molecule has 0 aliphatic rings. The highest BCUT2D eigenvalue weighted by molar-refractivity contribution is 5.95. The highest BCUT2D eigenvalue weighted by atomic mass is 16.3. The van der Waals surface area contributed by atoms with Gasteiger partial charge in [0, 0.05) is 30.2 Å². The first kappa shape index (κ1) is 20.4. The van der Waals surface area contributed by atoms with Crippen LogP contribution in [0.5, 0.6) is 0 Å². The van der Waals surface area contributed by atoms with Gasteiger partial charge in [-0.15, -0.1) is 0 Å². The first-order valence-electron chi connectivity index (χ1n) is 10.4. The topological polar surface area (TPSA) is 71.8 Å². The van der Waals surface area contributed by atoms with E-state index in [0.29, 0.717) is 11.3 Å². The summed E-state index contributed by atoms with van der Waals surface area (Å²) in [4.78, 5) is 18.9. The maximum Gasteiger partial charge on any atom is 0.254 e. The molecule has 0 fully saturated rings. The molecule has 0 aliphatic carbocycles. The van der Waals surface area contributed by atoms with Crippen LogP contribution in [0, 0.1) is 0 Å². The van der Waals surface area contributed by atoms with Crippen LogP contribution in [-0.4, -0.2) is 19.0 Å². The zero-order valence-electron chi connectivity index (χ0n) is 17.7. The summed E-state index contributed by atoms with van der Waals surface area (Å²) in [6.45, 7) is 6.01. The molecule has 4 aromatic rings. The van der Waals surface area contributed by atoms with Gasteiger partial charge in [-0.2, -0.15) is 0 Å². The SMILES string of the molecule is CCN(CC)c1ccc2cc(C(N)=O)c(=Nc3ccc(-c4ccccc4)cc3)oc2c1. The number of fused-ring (bicyclic) bond motifs is 1. The molecule has 0 unspecified atom stereocenters. The number of nitrogens with zero attached hydrogens (tertiary/aromatic N) is 2. The number of hydrogen-bond acceptors (Lipinski definition) is 4. The minimum atomic E-state index is -0.571. The second-order valence-electron chi connectivity index (χ2n) is 7.25. The average Bonchev–Trinajstić information content (AvgIpc) is 2.80. The molecule has 1 amide bonds. The Morgan fingerprint density at radius 3 is 2.23 bits per heavy atom. The van der Waals surface area contributed by atoms with Gasteiger partial charge >= 0.3 is 0 Å². The molecule has 5 heteroatoms. The molecule has 0 saturated heterocycles. The second kappa shape index (κ2) is 8.88. The molecule has 0 aliphatic heterocycles. The van der Waals surface area contributed by atoms with Gasteiger partial charge in [0.1, 0.15) is 11.1 Å². The van der Waals surface area contributed by atoms with Gasteiger partial charge in [-0.05, 0) is 55.3 Å². The largest absolute Gasteiger partial charge is 0.437 e. The van der Waals surface area contributed by atoms with Gasteiger partial charge in [0.25, 0.3) is 5.91 Å². The number of carbonyl (C=O) groups is 1. The molecule has 1 aromatic heterocycles. The van der Waals surface area contributed by atoms with Crippen molar-refractivity contribution >= 4 is 28.3 Å². The number of hydrogen-bond donors (Lipinski definition) is 1. The molecular weight excluding hydrogens is 386 g/mol. The summed E-state index contributed by atoms with van der Waals surface area (Å²) in [5.41, 5.74) is 10.7. The number of benzene rings is 3. The number of amides is 1. The lowest BCUT2D eigenvalue weighted by molar-refractivity contribution is 0.0996. The minimum Gasteiger partial charge on any atom is -0.437 e. The summed E-state index contributed by atoms with van der Waals surface area (Å²) in [5, 5.41) is 0.808. The Kier molecular flexibility index (Phi) is 5.85. The van der Waals surface area contributed by atoms with Crippen molar-refractivity contribution < 1.29 is 9.21 Å². The van der Waals surface area contributed by atoms with Crippen LogP contribution in [0.4, 0.5) is 11.4 Å². The fourth-order valence-electron chi connectivity index (χ4n) is 3.63. The van der Waals surface area contributed by atoms with Crippen LogP contribution in [-0.2, 0) is 0 Å². The highest BCUT2D eigenvalue weighted by Gasteiger charge is 2.11. The van der Waals surface area contributed by atoms with Crippen LogP contribution in [0.15, 0.2) is 88.3 Å². The van der Waals surface area contributed by atoms with Crippen molar-refractivity contribution in [1.29, 1.82) is 0 Å². The quantitative estimate of drug-likeness (QED) is 0.469. The zero-order valence-corrected chi connectivity index (χ0v) is 17.7. The van der Waals surface area contributed by atoms with Crippen LogP contribution in [0.1, 0.15) is 24.2 Å². The van der Waals surface area contributed by atoms with Gasteiger partial charge in [-0.3, -0.25) is 4.79 Å². The normalized spacial score (nSPS) is 11.6. The van der Waals surface area contributed by atoms with Crippen molar-refractivity contribution in [3.05, 3.63) is 90.0 Å². The molecule has 0 spiro atoms. The lowest BCUT2D eigenvalue weighted by atomic mass is 10.1. The van der Waals surface area contributed by atoms with Crippen LogP contribution in [0.25, 0.3) is 22.1 Å². The summed E-state index contributed by atoms with van der Waals surface area (Å²) >= 11 is 0. The van der Waals surface area contributed by atoms with E-state index in [1.165, 1.54) is 0 Å². The lowest BCUT2D eigenvalue weighted by Crippen LogP contribution is -2.22. The fourth-order valence-corrected chi connectivity index (χ4v) is 3.63. The maximum absolute atomic E-state index is 12.1. The monoisotopic (exact) mass is 411 g/mol. The lowest BCUT2D eigenvalue weighted by Gasteiger charge is -2.21. The van der Waals surface area contributed by atoms with E-state index in [4.69, 9.17) is 10.2 Å². The van der Waals surface area contributed by atoms with Crippen molar-refractivity contribution in [2.24, 2.45) is 10.7 Å². The van der Waals surface area contributed by atoms with Gasteiger partial charge in [0.15, 0.2) is 0 Å². The van der Waals surface area contributed by atoms with Gasteiger partial charge in [0.05, 0.1) is 5.69 Å². The summed E-state index contributed by atoms with van der Waals surface area (Å²) in [6.07, 6.45) is 0. The third-order valence-corrected chi connectivity index (χ3v) is 5.33. The molecule has 0 atom stereocenters. The Morgan fingerprint density at radius 2 is 1.58 bits per heavy atom. The first-order chi connectivity index (χ1) is 15.1. The zero-order chi connectivity index (χ0) is 21.8. The molecule has 31 heavy (non-hydrogen) atoms. The van der Waals surface area contributed by atoms with Crippen molar-refractivity contribution in [2.75, 3.05) is 18.0 Å². The van der Waals surface area contributed by atoms with Crippen molar-refractivity contribution in [3.8, 4) is 11.1 Å². The molecule has 2 N–H and O–H groups in total. The van der Waals surface area contributed by atoms with Gasteiger partial charge in [-0.25, -0.2) is 4.99 Å². The van der Waals surface area contributed by atoms with E-state index in [1.54, 1.807) is 6.07 Å². The Morgan fingerprint density at radius 1 is 0.903 bits per heavy atom. The number of anilines is 1. The van der Waals surface area contributed by atoms with E-state index in [1.807, 2.05) is 60.7 Å². The number of carbonyl (C=O) groups excluding carboxylic acids is 1. The van der Waals surface area contributed by atoms with E-state index < -0.39 is 5.91 Å². The molecule has 156 valence electrons. The van der Waals surface area contributed by atoms with Gasteiger partial charge in [-0.1, -0.05) is 42.5 Å². The number of nitrogens with two attached hydrogens (primary N) is 1. The first-order valence-corrected chi connectivity index (χ1v) is 10.4. The summed E-state index contributed by atoms with van der Waals surface area (Å²) < 4.78 is 6.06. The van der Waals surface area contributed by atoms with E-state index >= 15 is 0 Å². The van der Waals surface area contributed by atoms with Crippen LogP contribution < -0.4 is 16.2 Å². The Bertz CT molecular complexity index is 1270. The smallest absolute Gasteiger partial charge is 0.254 e. The minimum absolute atomic E-state index is 0.212. The molecule has 3 aromatic carbocycles. The Labute approximate surface area is 181 Å². The second-order valence-corrected chi connectivity index (χ2v) is 7.25. The molecule has 5 nitrogen and oxygen atoms in total. The number of rotatable bonds is 6. The predicted octanol–water partition coefficient (Wildman–Crippen LogP) is 5.28. The molecule has 1 heterocycles. The third-order valence-electron chi connectivity index (χ3n) is 5.33. The van der Waals surface area contributed by atoms with E-state index in [2.05, 4.69) is 35.9 Å². The Hall–Kier alpha value is -3.86.